The van der Waals surface area contributed by atoms with Crippen LogP contribution < -0.4 is 51.4 Å². The monoisotopic (exact) mass is 376 g/mol. The number of unbranched alkanes of at least 4 members (excludes halogenated alkanes) is 2. The van der Waals surface area contributed by atoms with Gasteiger partial charge in [-0.25, -0.2) is 4.79 Å². The van der Waals surface area contributed by atoms with Crippen LogP contribution in [0.3, 0.4) is 0 Å². The number of rotatable bonds is 9. The Morgan fingerprint density at radius 1 is 1.23 bits per heavy atom. The zero-order valence-electron chi connectivity index (χ0n) is 13.2. The summed E-state index contributed by atoms with van der Waals surface area (Å²) in [5, 5.41) is -5.54. The number of halogens is 4. The Bertz CT molecular complexity index is 499. The summed E-state index contributed by atoms with van der Waals surface area (Å²) in [6.45, 7) is 4.64. The zero-order chi connectivity index (χ0) is 16.9. The van der Waals surface area contributed by atoms with Crippen LogP contribution in [0.25, 0.3) is 0 Å². The van der Waals surface area contributed by atoms with Gasteiger partial charge in [0.1, 0.15) is 0 Å². The van der Waals surface area contributed by atoms with E-state index in [0.717, 1.165) is 0 Å². The predicted molar refractivity (Wildman–Crippen MR) is 66.8 cm³/mol. The third-order valence-corrected chi connectivity index (χ3v) is 3.41. The molecule has 126 valence electrons. The maximum Gasteiger partial charge on any atom is 1.00 e. The maximum absolute atomic E-state index is 13.1. The normalized spacial score (nSPS) is 12.5. The fourth-order valence-corrected chi connectivity index (χ4v) is 1.73. The minimum Gasteiger partial charge on any atom is -1.00 e. The molecule has 0 atom stereocenters. The summed E-state index contributed by atoms with van der Waals surface area (Å²) >= 11 is 0. The standard InChI is InChI=1S/C11H16F4O5S.K.H/c1-8(2)9(16)20-7-5-3-4-6-10(12,13)11(14,15)21(17,18)19;;/h1,3-7H2,2H3,(H,17,18,19);;/q;+1;-1. The van der Waals surface area contributed by atoms with Gasteiger partial charge >= 0.3 is 78.6 Å². The van der Waals surface area contributed by atoms with E-state index in [0.29, 0.717) is 0 Å². The van der Waals surface area contributed by atoms with Gasteiger partial charge in [0, 0.05) is 12.0 Å². The van der Waals surface area contributed by atoms with E-state index in [1.165, 1.54) is 6.92 Å². The first-order valence-electron chi connectivity index (χ1n) is 5.88. The quantitative estimate of drug-likeness (QED) is 0.152. The van der Waals surface area contributed by atoms with Crippen molar-refractivity contribution in [3.63, 3.8) is 0 Å². The number of hydrogen-bond acceptors (Lipinski definition) is 4. The molecule has 0 fully saturated rings. The van der Waals surface area contributed by atoms with Crippen molar-refractivity contribution >= 4 is 16.1 Å². The van der Waals surface area contributed by atoms with Crippen LogP contribution in [0, 0.1) is 0 Å². The Balaban J connectivity index is -0.00000200. The van der Waals surface area contributed by atoms with E-state index in [-0.39, 0.29) is 77.8 Å². The van der Waals surface area contributed by atoms with Crippen LogP contribution in [-0.2, 0) is 19.6 Å². The van der Waals surface area contributed by atoms with E-state index in [9.17, 15) is 30.8 Å². The van der Waals surface area contributed by atoms with Crippen LogP contribution >= 0.6 is 0 Å². The molecule has 0 rings (SSSR count). The molecule has 0 radical (unpaired) electrons. The van der Waals surface area contributed by atoms with Crippen LogP contribution in [-0.4, -0.2) is 36.7 Å². The molecule has 0 bridgehead atoms. The van der Waals surface area contributed by atoms with E-state index < -0.39 is 40.1 Å². The fourth-order valence-electron chi connectivity index (χ4n) is 1.25. The van der Waals surface area contributed by atoms with E-state index in [1.807, 2.05) is 0 Å². The summed E-state index contributed by atoms with van der Waals surface area (Å²) < 4.78 is 85.0. The van der Waals surface area contributed by atoms with E-state index >= 15 is 0 Å². The Hall–Kier alpha value is 0.476. The summed E-state index contributed by atoms with van der Waals surface area (Å²) in [4.78, 5) is 10.9. The third kappa shape index (κ3) is 7.36. The Morgan fingerprint density at radius 2 is 1.73 bits per heavy atom. The molecule has 0 aromatic heterocycles. The summed E-state index contributed by atoms with van der Waals surface area (Å²) in [6, 6.07) is 0. The molecule has 0 saturated heterocycles. The molecule has 11 heteroatoms. The average molecular weight is 376 g/mol. The summed E-state index contributed by atoms with van der Waals surface area (Å²) in [7, 11) is -6.19. The van der Waals surface area contributed by atoms with Crippen molar-refractivity contribution in [1.29, 1.82) is 0 Å². The van der Waals surface area contributed by atoms with E-state index in [1.54, 1.807) is 0 Å². The number of esters is 1. The molecule has 0 unspecified atom stereocenters. The minimum absolute atomic E-state index is 0. The predicted octanol–water partition coefficient (Wildman–Crippen LogP) is -0.102. The molecular formula is C11H17F4KO5S. The largest absolute Gasteiger partial charge is 1.00 e. The molecule has 0 aliphatic rings. The summed E-state index contributed by atoms with van der Waals surface area (Å²) in [6.07, 6.45) is -1.69. The van der Waals surface area contributed by atoms with Crippen molar-refractivity contribution in [1.82, 2.24) is 0 Å². The molecule has 0 spiro atoms. The van der Waals surface area contributed by atoms with E-state index in [2.05, 4.69) is 11.3 Å². The molecule has 0 heterocycles. The molecule has 5 nitrogen and oxygen atoms in total. The molecule has 0 amide bonds. The van der Waals surface area contributed by atoms with Gasteiger partial charge in [-0.1, -0.05) is 6.58 Å². The minimum atomic E-state index is -6.19. The Kier molecular flexibility index (Phi) is 10.9. The summed E-state index contributed by atoms with van der Waals surface area (Å²) in [5.41, 5.74) is 0.161. The summed E-state index contributed by atoms with van der Waals surface area (Å²) in [5.74, 6) is -5.53. The smallest absolute Gasteiger partial charge is 1.00 e. The Labute approximate surface area is 170 Å². The second kappa shape index (κ2) is 9.69. The molecule has 0 aliphatic heterocycles. The third-order valence-electron chi connectivity index (χ3n) is 2.47. The number of alkyl halides is 4. The van der Waals surface area contributed by atoms with Crippen molar-refractivity contribution in [2.45, 2.75) is 43.8 Å². The second-order valence-corrected chi connectivity index (χ2v) is 5.89. The Morgan fingerprint density at radius 3 is 2.14 bits per heavy atom. The average Bonchev–Trinajstić information content (AvgIpc) is 2.31. The van der Waals surface area contributed by atoms with Crippen molar-refractivity contribution in [3.8, 4) is 0 Å². The molecule has 1 N–H and O–H groups in total. The van der Waals surface area contributed by atoms with Crippen LogP contribution in [0.15, 0.2) is 12.2 Å². The van der Waals surface area contributed by atoms with Gasteiger partial charge in [0.25, 0.3) is 0 Å². The van der Waals surface area contributed by atoms with Gasteiger partial charge in [0.15, 0.2) is 0 Å². The van der Waals surface area contributed by atoms with Gasteiger partial charge in [0.05, 0.1) is 6.61 Å². The first-order chi connectivity index (χ1) is 9.33. The SMILES string of the molecule is C=C(C)C(=O)OCCCCCC(F)(F)C(F)(F)S(=O)(=O)O.[H-].[K+]. The first kappa shape index (κ1) is 24.7. The first-order valence-corrected chi connectivity index (χ1v) is 7.32. The van der Waals surface area contributed by atoms with Crippen molar-refractivity contribution < 1.29 is 92.9 Å². The molecule has 0 aromatic carbocycles. The van der Waals surface area contributed by atoms with Crippen LogP contribution in [0.4, 0.5) is 17.6 Å². The van der Waals surface area contributed by atoms with Crippen molar-refractivity contribution in [3.05, 3.63) is 12.2 Å². The molecular weight excluding hydrogens is 359 g/mol. The topological polar surface area (TPSA) is 80.7 Å². The number of ether oxygens (including phenoxy) is 1. The molecule has 22 heavy (non-hydrogen) atoms. The molecule has 0 aliphatic carbocycles. The number of carbonyl (C=O) groups excluding carboxylic acids is 1. The van der Waals surface area contributed by atoms with Gasteiger partial charge in [0.2, 0.25) is 0 Å². The number of hydrogen-bond donors (Lipinski definition) is 1. The van der Waals surface area contributed by atoms with Crippen LogP contribution in [0.1, 0.15) is 34.0 Å². The van der Waals surface area contributed by atoms with Crippen molar-refractivity contribution in [2.75, 3.05) is 6.61 Å². The molecule has 0 aromatic rings. The van der Waals surface area contributed by atoms with Crippen LogP contribution in [0.2, 0.25) is 0 Å². The van der Waals surface area contributed by atoms with Crippen molar-refractivity contribution in [2.24, 2.45) is 0 Å². The zero-order valence-corrected chi connectivity index (χ0v) is 16.2. The van der Waals surface area contributed by atoms with Gasteiger partial charge in [-0.15, -0.1) is 0 Å². The van der Waals surface area contributed by atoms with Gasteiger partial charge < -0.3 is 6.16 Å². The second-order valence-electron chi connectivity index (χ2n) is 4.42. The van der Waals surface area contributed by atoms with Gasteiger partial charge in [-0.05, 0) is 26.2 Å². The van der Waals surface area contributed by atoms with E-state index in [4.69, 9.17) is 4.55 Å². The molecule has 0 saturated carbocycles. The van der Waals surface area contributed by atoms with Crippen LogP contribution in [0.5, 0.6) is 0 Å². The van der Waals surface area contributed by atoms with Gasteiger partial charge in [-0.3, -0.25) is 4.55 Å². The maximum atomic E-state index is 13.1. The van der Waals surface area contributed by atoms with Gasteiger partial charge in [-0.2, -0.15) is 26.0 Å². The fraction of sp³-hybridized carbons (Fsp3) is 0.727. The number of carbonyl (C=O) groups is 1.